The maximum atomic E-state index is 10.6. The summed E-state index contributed by atoms with van der Waals surface area (Å²) in [6.07, 6.45) is 4.08. The number of rotatable bonds is 4. The summed E-state index contributed by atoms with van der Waals surface area (Å²) in [4.78, 5) is 13.0. The average molecular weight is 233 g/mol. The quantitative estimate of drug-likeness (QED) is 0.867. The first-order chi connectivity index (χ1) is 8.24. The summed E-state index contributed by atoms with van der Waals surface area (Å²) in [7, 11) is 0. The molecule has 3 heteroatoms. The molecular weight excluding hydrogens is 214 g/mol. The fourth-order valence-corrected chi connectivity index (χ4v) is 2.31. The molecule has 1 saturated heterocycles. The van der Waals surface area contributed by atoms with Crippen LogP contribution in [0.1, 0.15) is 30.4 Å². The van der Waals surface area contributed by atoms with Crippen molar-refractivity contribution in [2.75, 3.05) is 13.1 Å². The van der Waals surface area contributed by atoms with Crippen LogP contribution < -0.4 is 0 Å². The molecule has 0 atom stereocenters. The van der Waals surface area contributed by atoms with Crippen LogP contribution in [0.2, 0.25) is 0 Å². The van der Waals surface area contributed by atoms with Crippen LogP contribution >= 0.6 is 0 Å². The third-order valence-electron chi connectivity index (χ3n) is 3.23. The van der Waals surface area contributed by atoms with E-state index in [9.17, 15) is 4.79 Å². The molecule has 0 saturated carbocycles. The summed E-state index contributed by atoms with van der Waals surface area (Å²) in [6.45, 7) is 3.38. The summed E-state index contributed by atoms with van der Waals surface area (Å²) in [5, 5.41) is 8.69. The zero-order valence-electron chi connectivity index (χ0n) is 10.1. The van der Waals surface area contributed by atoms with Gasteiger partial charge in [0.05, 0.1) is 6.42 Å². The molecule has 3 nitrogen and oxygen atoms in total. The zero-order valence-corrected chi connectivity index (χ0v) is 10.1. The van der Waals surface area contributed by atoms with Crippen LogP contribution in [0.5, 0.6) is 0 Å². The van der Waals surface area contributed by atoms with Gasteiger partial charge in [0.25, 0.3) is 0 Å². The first-order valence-corrected chi connectivity index (χ1v) is 6.26. The van der Waals surface area contributed by atoms with Crippen molar-refractivity contribution in [1.29, 1.82) is 0 Å². The highest BCUT2D eigenvalue weighted by Crippen LogP contribution is 2.13. The predicted octanol–water partition coefficient (Wildman–Crippen LogP) is 2.30. The molecule has 1 N–H and O–H groups in total. The summed E-state index contributed by atoms with van der Waals surface area (Å²) in [5.74, 6) is -0.770. The van der Waals surface area contributed by atoms with E-state index in [2.05, 4.69) is 4.90 Å². The highest BCUT2D eigenvalue weighted by atomic mass is 16.4. The zero-order chi connectivity index (χ0) is 12.1. The smallest absolute Gasteiger partial charge is 0.307 e. The Hall–Kier alpha value is -1.35. The van der Waals surface area contributed by atoms with Crippen molar-refractivity contribution in [3.05, 3.63) is 35.4 Å². The molecule has 0 unspecified atom stereocenters. The molecule has 1 aromatic carbocycles. The Morgan fingerprint density at radius 1 is 1.06 bits per heavy atom. The average Bonchev–Trinajstić information content (AvgIpc) is 2.32. The molecule has 0 bridgehead atoms. The number of likely N-dealkylation sites (tertiary alicyclic amines) is 1. The SMILES string of the molecule is O=C(O)Cc1ccc(CN2CCCCC2)cc1. The molecular formula is C14H19NO2. The van der Waals surface area contributed by atoms with E-state index < -0.39 is 5.97 Å². The maximum Gasteiger partial charge on any atom is 0.307 e. The van der Waals surface area contributed by atoms with E-state index in [0.717, 1.165) is 12.1 Å². The maximum absolute atomic E-state index is 10.6. The van der Waals surface area contributed by atoms with Gasteiger partial charge in [0, 0.05) is 6.54 Å². The first-order valence-electron chi connectivity index (χ1n) is 6.26. The van der Waals surface area contributed by atoms with Gasteiger partial charge >= 0.3 is 5.97 Å². The van der Waals surface area contributed by atoms with Crippen LogP contribution in [-0.2, 0) is 17.8 Å². The Morgan fingerprint density at radius 2 is 1.65 bits per heavy atom. The summed E-state index contributed by atoms with van der Waals surface area (Å²) < 4.78 is 0. The largest absolute Gasteiger partial charge is 0.481 e. The van der Waals surface area contributed by atoms with Gasteiger partial charge in [-0.15, -0.1) is 0 Å². The van der Waals surface area contributed by atoms with Crippen LogP contribution in [-0.4, -0.2) is 29.1 Å². The highest BCUT2D eigenvalue weighted by molar-refractivity contribution is 5.70. The van der Waals surface area contributed by atoms with Gasteiger partial charge in [0.15, 0.2) is 0 Å². The van der Waals surface area contributed by atoms with E-state index in [4.69, 9.17) is 5.11 Å². The number of carbonyl (C=O) groups is 1. The minimum Gasteiger partial charge on any atom is -0.481 e. The lowest BCUT2D eigenvalue weighted by molar-refractivity contribution is -0.136. The van der Waals surface area contributed by atoms with Gasteiger partial charge in [-0.3, -0.25) is 9.69 Å². The van der Waals surface area contributed by atoms with Crippen molar-refractivity contribution >= 4 is 5.97 Å². The van der Waals surface area contributed by atoms with Crippen molar-refractivity contribution in [2.24, 2.45) is 0 Å². The molecule has 1 heterocycles. The van der Waals surface area contributed by atoms with Crippen molar-refractivity contribution < 1.29 is 9.90 Å². The second-order valence-corrected chi connectivity index (χ2v) is 4.72. The molecule has 1 aromatic rings. The van der Waals surface area contributed by atoms with Crippen LogP contribution in [0.15, 0.2) is 24.3 Å². The molecule has 0 spiro atoms. The topological polar surface area (TPSA) is 40.5 Å². The number of carboxylic acid groups (broad SMARTS) is 1. The predicted molar refractivity (Wildman–Crippen MR) is 66.9 cm³/mol. The summed E-state index contributed by atoms with van der Waals surface area (Å²) >= 11 is 0. The molecule has 0 aromatic heterocycles. The fraction of sp³-hybridized carbons (Fsp3) is 0.500. The van der Waals surface area contributed by atoms with E-state index in [0.29, 0.717) is 0 Å². The van der Waals surface area contributed by atoms with E-state index in [1.807, 2.05) is 24.3 Å². The minimum atomic E-state index is -0.770. The number of benzene rings is 1. The molecule has 0 aliphatic carbocycles. The lowest BCUT2D eigenvalue weighted by atomic mass is 10.1. The standard InChI is InChI=1S/C14H19NO2/c16-14(17)10-12-4-6-13(7-5-12)11-15-8-2-1-3-9-15/h4-7H,1-3,8-11H2,(H,16,17). The third kappa shape index (κ3) is 3.86. The Labute approximate surface area is 102 Å². The Morgan fingerprint density at radius 3 is 2.24 bits per heavy atom. The van der Waals surface area contributed by atoms with E-state index >= 15 is 0 Å². The summed E-state index contributed by atoms with van der Waals surface area (Å²) in [6, 6.07) is 7.94. The van der Waals surface area contributed by atoms with Gasteiger partial charge in [-0.05, 0) is 37.1 Å². The van der Waals surface area contributed by atoms with Crippen LogP contribution in [0.25, 0.3) is 0 Å². The van der Waals surface area contributed by atoms with Gasteiger partial charge < -0.3 is 5.11 Å². The van der Waals surface area contributed by atoms with E-state index in [-0.39, 0.29) is 6.42 Å². The van der Waals surface area contributed by atoms with Gasteiger partial charge in [-0.25, -0.2) is 0 Å². The normalized spacial score (nSPS) is 16.9. The molecule has 0 radical (unpaired) electrons. The second-order valence-electron chi connectivity index (χ2n) is 4.72. The van der Waals surface area contributed by atoms with Gasteiger partial charge in [0.2, 0.25) is 0 Å². The molecule has 1 aliphatic heterocycles. The van der Waals surface area contributed by atoms with Crippen LogP contribution in [0.3, 0.4) is 0 Å². The number of hydrogen-bond donors (Lipinski definition) is 1. The fourth-order valence-electron chi connectivity index (χ4n) is 2.31. The highest BCUT2D eigenvalue weighted by Gasteiger charge is 2.10. The molecule has 2 rings (SSSR count). The van der Waals surface area contributed by atoms with Gasteiger partial charge in [-0.1, -0.05) is 30.7 Å². The number of carboxylic acids is 1. The lowest BCUT2D eigenvalue weighted by Crippen LogP contribution is -2.29. The molecule has 1 aliphatic rings. The monoisotopic (exact) mass is 233 g/mol. The van der Waals surface area contributed by atoms with Crippen molar-refractivity contribution in [3.8, 4) is 0 Å². The van der Waals surface area contributed by atoms with E-state index in [1.165, 1.54) is 37.9 Å². The second kappa shape index (κ2) is 5.82. The van der Waals surface area contributed by atoms with Gasteiger partial charge in [-0.2, -0.15) is 0 Å². The molecule has 1 fully saturated rings. The number of hydrogen-bond acceptors (Lipinski definition) is 2. The molecule has 92 valence electrons. The third-order valence-corrected chi connectivity index (χ3v) is 3.23. The van der Waals surface area contributed by atoms with Crippen molar-refractivity contribution in [3.63, 3.8) is 0 Å². The Bertz CT molecular complexity index is 366. The Kier molecular flexibility index (Phi) is 4.15. The van der Waals surface area contributed by atoms with Crippen LogP contribution in [0.4, 0.5) is 0 Å². The molecule has 0 amide bonds. The van der Waals surface area contributed by atoms with E-state index in [1.54, 1.807) is 0 Å². The lowest BCUT2D eigenvalue weighted by Gasteiger charge is -2.26. The number of piperidine rings is 1. The van der Waals surface area contributed by atoms with Crippen molar-refractivity contribution in [1.82, 2.24) is 4.90 Å². The minimum absolute atomic E-state index is 0.115. The number of aliphatic carboxylic acids is 1. The first kappa shape index (κ1) is 12.1. The summed E-state index contributed by atoms with van der Waals surface area (Å²) in [5.41, 5.74) is 2.15. The van der Waals surface area contributed by atoms with Crippen LogP contribution in [0, 0.1) is 0 Å². The van der Waals surface area contributed by atoms with Crippen molar-refractivity contribution in [2.45, 2.75) is 32.2 Å². The Balaban J connectivity index is 1.90. The van der Waals surface area contributed by atoms with Gasteiger partial charge in [0.1, 0.15) is 0 Å². The number of nitrogens with zero attached hydrogens (tertiary/aromatic N) is 1. The molecule has 17 heavy (non-hydrogen) atoms.